The normalized spacial score (nSPS) is 11.2. The van der Waals surface area contributed by atoms with Crippen molar-refractivity contribution in [3.63, 3.8) is 0 Å². The lowest BCUT2D eigenvalue weighted by molar-refractivity contribution is 0.383. The Morgan fingerprint density at radius 2 is 0.923 bits per heavy atom. The first-order valence-corrected chi connectivity index (χ1v) is 10.1. The van der Waals surface area contributed by atoms with Gasteiger partial charge in [0, 0.05) is 0 Å². The van der Waals surface area contributed by atoms with Gasteiger partial charge in [0.25, 0.3) is 0 Å². The molecule has 0 radical (unpaired) electrons. The van der Waals surface area contributed by atoms with E-state index in [1.54, 1.807) is 0 Å². The average Bonchev–Trinajstić information content (AvgIpc) is 2.65. The summed E-state index contributed by atoms with van der Waals surface area (Å²) in [7, 11) is -3.06. The maximum Gasteiger partial charge on any atom is 0.553 e. The number of halogens is 1. The molecule has 3 aromatic rings. The highest BCUT2D eigenvalue weighted by molar-refractivity contribution is 7.71. The van der Waals surface area contributed by atoms with Crippen LogP contribution in [-0.4, -0.2) is 0 Å². The van der Waals surface area contributed by atoms with Crippen LogP contribution in [0, 0.1) is 20.8 Å². The first kappa shape index (κ1) is 18.7. The first-order chi connectivity index (χ1) is 12.5. The van der Waals surface area contributed by atoms with Crippen molar-refractivity contribution in [1.29, 1.82) is 0 Å². The molecule has 0 unspecified atom stereocenters. The Hall–Kier alpha value is -2.06. The van der Waals surface area contributed by atoms with Crippen LogP contribution < -0.4 is 14.4 Å². The highest BCUT2D eigenvalue weighted by Crippen LogP contribution is 2.60. The molecule has 3 nitrogen and oxygen atoms in total. The number of rotatable bonds is 6. The molecule has 0 aliphatic rings. The van der Waals surface area contributed by atoms with E-state index in [1.807, 2.05) is 93.6 Å². The largest absolute Gasteiger partial charge is 0.553 e. The van der Waals surface area contributed by atoms with E-state index in [1.165, 1.54) is 0 Å². The van der Waals surface area contributed by atoms with Crippen LogP contribution in [0.25, 0.3) is 0 Å². The third-order valence-electron chi connectivity index (χ3n) is 3.93. The summed E-state index contributed by atoms with van der Waals surface area (Å²) >= 11 is 5.96. The summed E-state index contributed by atoms with van der Waals surface area (Å²) in [6, 6.07) is 23.2. The molecule has 5 heteroatoms. The summed E-state index contributed by atoms with van der Waals surface area (Å²) in [6.07, 6.45) is 0. The molecule has 0 fully saturated rings. The molecular weight excluding hydrogens is 367 g/mol. The molecule has 0 spiro atoms. The molecule has 3 rings (SSSR count). The van der Waals surface area contributed by atoms with Crippen LogP contribution in [0.15, 0.2) is 72.8 Å². The van der Waals surface area contributed by atoms with E-state index in [4.69, 9.17) is 25.0 Å². The monoisotopic (exact) mass is 387 g/mol. The molecule has 0 atom stereocenters. The van der Waals surface area contributed by atoms with E-state index in [2.05, 4.69) is 0 Å². The van der Waals surface area contributed by atoms with Gasteiger partial charge in [-0.25, -0.2) is 0 Å². The summed E-state index contributed by atoms with van der Waals surface area (Å²) < 4.78 is 17.8. The Kier molecular flexibility index (Phi) is 5.83. The minimum atomic E-state index is -3.06. The van der Waals surface area contributed by atoms with Crippen LogP contribution in [0.1, 0.15) is 16.7 Å². The lowest BCUT2D eigenvalue weighted by atomic mass is 10.2. The molecule has 0 saturated heterocycles. The Morgan fingerprint density at radius 1 is 0.577 bits per heavy atom. The second-order valence-electron chi connectivity index (χ2n) is 6.21. The zero-order valence-electron chi connectivity index (χ0n) is 15.0. The van der Waals surface area contributed by atoms with Crippen LogP contribution in [0.2, 0.25) is 0 Å². The molecule has 134 valence electrons. The van der Waals surface area contributed by atoms with Crippen molar-refractivity contribution in [2.24, 2.45) is 0 Å². The van der Waals surface area contributed by atoms with E-state index < -0.39 is 7.94 Å². The quantitative estimate of drug-likeness (QED) is 0.462. The topological polar surface area (TPSA) is 27.7 Å². The highest BCUT2D eigenvalue weighted by atomic mass is 35.5. The third kappa shape index (κ3) is 4.37. The van der Waals surface area contributed by atoms with Gasteiger partial charge in [0.05, 0.1) is 0 Å². The van der Waals surface area contributed by atoms with E-state index in [-0.39, 0.29) is 0 Å². The molecule has 0 heterocycles. The van der Waals surface area contributed by atoms with Gasteiger partial charge in [-0.15, -0.1) is 0 Å². The van der Waals surface area contributed by atoms with Crippen molar-refractivity contribution in [1.82, 2.24) is 0 Å². The zero-order chi connectivity index (χ0) is 18.6. The van der Waals surface area contributed by atoms with Crippen molar-refractivity contribution >= 4 is 25.1 Å². The van der Waals surface area contributed by atoms with Crippen molar-refractivity contribution in [3.8, 4) is 11.5 Å². The fourth-order valence-electron chi connectivity index (χ4n) is 2.40. The molecule has 0 aliphatic heterocycles. The predicted molar refractivity (Wildman–Crippen MR) is 108 cm³/mol. The summed E-state index contributed by atoms with van der Waals surface area (Å²) in [6.45, 7) is 6.06. The SMILES string of the molecule is Cc1ccc(O[P+](OCl)(Oc2ccc(C)cc2)c2ccc(C)cc2)cc1. The van der Waals surface area contributed by atoms with Gasteiger partial charge in [-0.05, 0) is 61.2 Å². The van der Waals surface area contributed by atoms with Crippen LogP contribution in [-0.2, 0) is 4.08 Å². The minimum absolute atomic E-state index is 0.636. The van der Waals surface area contributed by atoms with E-state index in [9.17, 15) is 0 Å². The molecule has 0 amide bonds. The molecule has 0 bridgehead atoms. The third-order valence-corrected chi connectivity index (χ3v) is 6.49. The second-order valence-corrected chi connectivity index (χ2v) is 8.64. The van der Waals surface area contributed by atoms with Crippen molar-refractivity contribution in [3.05, 3.63) is 89.5 Å². The number of aryl methyl sites for hydroxylation is 3. The lowest BCUT2D eigenvalue weighted by Gasteiger charge is -2.19. The molecule has 0 aromatic heterocycles. The summed E-state index contributed by atoms with van der Waals surface area (Å²) in [5.41, 5.74) is 3.41. The van der Waals surface area contributed by atoms with Crippen LogP contribution in [0.5, 0.6) is 11.5 Å². The Labute approximate surface area is 160 Å². The Bertz CT molecular complexity index is 798. The molecule has 0 aliphatic carbocycles. The van der Waals surface area contributed by atoms with Gasteiger partial charge >= 0.3 is 7.94 Å². The fourth-order valence-corrected chi connectivity index (χ4v) is 4.50. The summed E-state index contributed by atoms with van der Waals surface area (Å²) in [5, 5.41) is 0.763. The van der Waals surface area contributed by atoms with Gasteiger partial charge in [0.15, 0.2) is 11.5 Å². The summed E-state index contributed by atoms with van der Waals surface area (Å²) in [4.78, 5) is 0. The van der Waals surface area contributed by atoms with Gasteiger partial charge in [-0.2, -0.15) is 0 Å². The zero-order valence-corrected chi connectivity index (χ0v) is 16.6. The van der Waals surface area contributed by atoms with Gasteiger partial charge in [-0.3, -0.25) is 9.05 Å². The molecule has 0 saturated carbocycles. The Morgan fingerprint density at radius 3 is 1.27 bits per heavy atom. The maximum atomic E-state index is 6.20. The predicted octanol–water partition coefficient (Wildman–Crippen LogP) is 6.33. The van der Waals surface area contributed by atoms with Crippen LogP contribution in [0.3, 0.4) is 0 Å². The van der Waals surface area contributed by atoms with Crippen LogP contribution >= 0.6 is 19.8 Å². The van der Waals surface area contributed by atoms with Gasteiger partial charge in [0.2, 0.25) is 5.30 Å². The van der Waals surface area contributed by atoms with E-state index in [0.717, 1.165) is 22.0 Å². The average molecular weight is 388 g/mol. The molecular formula is C21H21ClO3P+. The van der Waals surface area contributed by atoms with Crippen molar-refractivity contribution < 1.29 is 13.1 Å². The van der Waals surface area contributed by atoms with Gasteiger partial charge in [-0.1, -0.05) is 53.1 Å². The van der Waals surface area contributed by atoms with Gasteiger partial charge < -0.3 is 0 Å². The van der Waals surface area contributed by atoms with Crippen LogP contribution in [0.4, 0.5) is 0 Å². The maximum absolute atomic E-state index is 6.20. The molecule has 0 N–H and O–H groups in total. The van der Waals surface area contributed by atoms with Gasteiger partial charge in [0.1, 0.15) is 11.9 Å². The smallest absolute Gasteiger partial charge is 0.273 e. The first-order valence-electron chi connectivity index (χ1n) is 8.30. The second kappa shape index (κ2) is 8.09. The molecule has 3 aromatic carbocycles. The standard InChI is InChI=1S/C21H21ClO3P/c1-16-4-10-19(11-5-16)23-26(25-22,21-14-8-18(3)9-15-21)24-20-12-6-17(2)7-13-20/h4-15H,1-3H3/q+1. The number of hydrogen-bond acceptors (Lipinski definition) is 3. The lowest BCUT2D eigenvalue weighted by Crippen LogP contribution is -2.21. The number of hydrogen-bond donors (Lipinski definition) is 0. The molecule has 26 heavy (non-hydrogen) atoms. The summed E-state index contributed by atoms with van der Waals surface area (Å²) in [5.74, 6) is 1.27. The fraction of sp³-hybridized carbons (Fsp3) is 0.143. The minimum Gasteiger partial charge on any atom is -0.273 e. The van der Waals surface area contributed by atoms with Crippen molar-refractivity contribution in [2.45, 2.75) is 20.8 Å². The van der Waals surface area contributed by atoms with Crippen molar-refractivity contribution in [2.75, 3.05) is 0 Å². The van der Waals surface area contributed by atoms with E-state index >= 15 is 0 Å². The number of benzene rings is 3. The van der Waals surface area contributed by atoms with E-state index in [0.29, 0.717) is 11.5 Å². The Balaban J connectivity index is 2.01. The highest BCUT2D eigenvalue weighted by Gasteiger charge is 2.52.